The summed E-state index contributed by atoms with van der Waals surface area (Å²) in [7, 11) is 1.67. The first-order valence-corrected chi connectivity index (χ1v) is 7.23. The van der Waals surface area contributed by atoms with Crippen molar-refractivity contribution >= 4 is 0 Å². The van der Waals surface area contributed by atoms with Crippen molar-refractivity contribution in [3.8, 4) is 17.6 Å². The number of rotatable bonds is 6. The van der Waals surface area contributed by atoms with Gasteiger partial charge in [-0.15, -0.1) is 0 Å². The molecule has 0 aliphatic carbocycles. The lowest BCUT2D eigenvalue weighted by Crippen LogP contribution is -2.26. The lowest BCUT2D eigenvalue weighted by atomic mass is 9.90. The molecule has 1 aromatic rings. The largest absolute Gasteiger partial charge is 0.493 e. The summed E-state index contributed by atoms with van der Waals surface area (Å²) >= 11 is 0. The summed E-state index contributed by atoms with van der Waals surface area (Å²) in [5.74, 6) is 2.17. The Labute approximate surface area is 120 Å². The topological polar surface area (TPSA) is 54.3 Å². The van der Waals surface area contributed by atoms with Crippen LogP contribution in [0.1, 0.15) is 37.2 Å². The molecule has 1 saturated heterocycles. The van der Waals surface area contributed by atoms with Crippen molar-refractivity contribution in [3.05, 3.63) is 23.8 Å². The molecular formula is C16H22N2O2. The molecule has 4 heteroatoms. The first kappa shape index (κ1) is 14.7. The van der Waals surface area contributed by atoms with Crippen LogP contribution in [0.15, 0.2) is 18.2 Å². The zero-order chi connectivity index (χ0) is 14.2. The van der Waals surface area contributed by atoms with Crippen LogP contribution in [0.3, 0.4) is 0 Å². The molecular weight excluding hydrogens is 252 g/mol. The van der Waals surface area contributed by atoms with Crippen LogP contribution in [0.5, 0.6) is 11.5 Å². The van der Waals surface area contributed by atoms with E-state index in [0.29, 0.717) is 18.9 Å². The molecule has 2 rings (SSSR count). The summed E-state index contributed by atoms with van der Waals surface area (Å²) in [6, 6.07) is 8.34. The van der Waals surface area contributed by atoms with Gasteiger partial charge in [-0.2, -0.15) is 5.26 Å². The fourth-order valence-electron chi connectivity index (χ4n) is 2.55. The number of hydrogen-bond donors (Lipinski definition) is 1. The maximum Gasteiger partial charge on any atom is 0.161 e. The van der Waals surface area contributed by atoms with Gasteiger partial charge < -0.3 is 14.8 Å². The van der Waals surface area contributed by atoms with Crippen LogP contribution in [0.4, 0.5) is 0 Å². The third kappa shape index (κ3) is 3.88. The van der Waals surface area contributed by atoms with E-state index in [0.717, 1.165) is 31.0 Å². The van der Waals surface area contributed by atoms with Crippen molar-refractivity contribution in [2.24, 2.45) is 0 Å². The number of benzene rings is 1. The molecule has 0 atom stereocenters. The Morgan fingerprint density at radius 2 is 2.10 bits per heavy atom. The second-order valence-corrected chi connectivity index (χ2v) is 5.04. The molecule has 1 aliphatic rings. The first-order chi connectivity index (χ1) is 9.85. The van der Waals surface area contributed by atoms with Gasteiger partial charge in [0.05, 0.1) is 19.8 Å². The molecule has 0 radical (unpaired) electrons. The smallest absolute Gasteiger partial charge is 0.161 e. The minimum absolute atomic E-state index is 0.523. The molecule has 1 heterocycles. The number of hydrogen-bond acceptors (Lipinski definition) is 4. The van der Waals surface area contributed by atoms with Crippen LogP contribution >= 0.6 is 0 Å². The third-order valence-corrected chi connectivity index (χ3v) is 3.69. The van der Waals surface area contributed by atoms with E-state index < -0.39 is 0 Å². The average molecular weight is 274 g/mol. The highest BCUT2D eigenvalue weighted by molar-refractivity contribution is 5.44. The second kappa shape index (κ2) is 7.76. The van der Waals surface area contributed by atoms with Gasteiger partial charge in [0, 0.05) is 6.42 Å². The lowest BCUT2D eigenvalue weighted by Gasteiger charge is -2.23. The van der Waals surface area contributed by atoms with Crippen molar-refractivity contribution in [2.75, 3.05) is 26.8 Å². The summed E-state index contributed by atoms with van der Waals surface area (Å²) in [5.41, 5.74) is 1.33. The van der Waals surface area contributed by atoms with Crippen molar-refractivity contribution in [3.63, 3.8) is 0 Å². The average Bonchev–Trinajstić information content (AvgIpc) is 2.52. The minimum Gasteiger partial charge on any atom is -0.493 e. The summed E-state index contributed by atoms with van der Waals surface area (Å²) in [6.45, 7) is 2.72. The third-order valence-electron chi connectivity index (χ3n) is 3.69. The molecule has 0 unspecified atom stereocenters. The van der Waals surface area contributed by atoms with Crippen LogP contribution < -0.4 is 14.8 Å². The Morgan fingerprint density at radius 1 is 1.30 bits per heavy atom. The van der Waals surface area contributed by atoms with E-state index in [4.69, 9.17) is 14.7 Å². The molecule has 20 heavy (non-hydrogen) atoms. The number of piperidine rings is 1. The van der Waals surface area contributed by atoms with Crippen molar-refractivity contribution < 1.29 is 9.47 Å². The van der Waals surface area contributed by atoms with E-state index in [1.165, 1.54) is 18.4 Å². The zero-order valence-corrected chi connectivity index (χ0v) is 12.0. The zero-order valence-electron chi connectivity index (χ0n) is 12.0. The maximum atomic E-state index is 8.51. The summed E-state index contributed by atoms with van der Waals surface area (Å²) in [6.07, 6.45) is 3.61. The fourth-order valence-corrected chi connectivity index (χ4v) is 2.55. The van der Waals surface area contributed by atoms with Gasteiger partial charge in [-0.25, -0.2) is 0 Å². The standard InChI is InChI=1S/C16H22N2O2/c1-19-16-12-14(13-6-9-18-10-7-13)4-5-15(16)20-11-3-2-8-17/h4-5,12-13,18H,2-3,6-7,9-11H2,1H3. The molecule has 1 N–H and O–H groups in total. The maximum absolute atomic E-state index is 8.51. The minimum atomic E-state index is 0.523. The molecule has 1 fully saturated rings. The van der Waals surface area contributed by atoms with Gasteiger partial charge >= 0.3 is 0 Å². The number of ether oxygens (including phenoxy) is 2. The highest BCUT2D eigenvalue weighted by Crippen LogP contribution is 2.33. The van der Waals surface area contributed by atoms with E-state index in [1.54, 1.807) is 7.11 Å². The van der Waals surface area contributed by atoms with Gasteiger partial charge in [0.2, 0.25) is 0 Å². The highest BCUT2D eigenvalue weighted by atomic mass is 16.5. The van der Waals surface area contributed by atoms with Gasteiger partial charge in [0.15, 0.2) is 11.5 Å². The number of nitrogens with zero attached hydrogens (tertiary/aromatic N) is 1. The molecule has 0 aromatic heterocycles. The van der Waals surface area contributed by atoms with Crippen LogP contribution in [-0.2, 0) is 0 Å². The molecule has 1 aromatic carbocycles. The Balaban J connectivity index is 2.01. The summed E-state index contributed by atoms with van der Waals surface area (Å²) in [5, 5.41) is 11.9. The molecule has 0 amide bonds. The van der Waals surface area contributed by atoms with Crippen LogP contribution in [-0.4, -0.2) is 26.8 Å². The Hall–Kier alpha value is -1.73. The Morgan fingerprint density at radius 3 is 2.80 bits per heavy atom. The van der Waals surface area contributed by atoms with Gasteiger partial charge in [0.25, 0.3) is 0 Å². The second-order valence-electron chi connectivity index (χ2n) is 5.04. The van der Waals surface area contributed by atoms with Crippen LogP contribution in [0.25, 0.3) is 0 Å². The van der Waals surface area contributed by atoms with Gasteiger partial charge in [0.1, 0.15) is 0 Å². The molecule has 4 nitrogen and oxygen atoms in total. The van der Waals surface area contributed by atoms with Crippen molar-refractivity contribution in [1.82, 2.24) is 5.32 Å². The lowest BCUT2D eigenvalue weighted by molar-refractivity contribution is 0.290. The predicted octanol–water partition coefficient (Wildman–Crippen LogP) is 2.84. The van der Waals surface area contributed by atoms with Gasteiger partial charge in [-0.05, 0) is 56.0 Å². The molecule has 108 valence electrons. The Bertz CT molecular complexity index is 462. The van der Waals surface area contributed by atoms with Crippen molar-refractivity contribution in [1.29, 1.82) is 5.26 Å². The van der Waals surface area contributed by atoms with E-state index >= 15 is 0 Å². The van der Waals surface area contributed by atoms with Crippen LogP contribution in [0.2, 0.25) is 0 Å². The number of nitrogens with one attached hydrogen (secondary N) is 1. The van der Waals surface area contributed by atoms with Gasteiger partial charge in [-0.1, -0.05) is 6.07 Å². The van der Waals surface area contributed by atoms with Gasteiger partial charge in [-0.3, -0.25) is 0 Å². The van der Waals surface area contributed by atoms with E-state index in [1.807, 2.05) is 6.07 Å². The van der Waals surface area contributed by atoms with Crippen molar-refractivity contribution in [2.45, 2.75) is 31.6 Å². The normalized spacial score (nSPS) is 15.6. The highest BCUT2D eigenvalue weighted by Gasteiger charge is 2.17. The van der Waals surface area contributed by atoms with E-state index in [9.17, 15) is 0 Å². The summed E-state index contributed by atoms with van der Waals surface area (Å²) in [4.78, 5) is 0. The van der Waals surface area contributed by atoms with E-state index in [-0.39, 0.29) is 0 Å². The SMILES string of the molecule is COc1cc(C2CCNCC2)ccc1OCCCC#N. The first-order valence-electron chi connectivity index (χ1n) is 7.23. The molecule has 1 aliphatic heterocycles. The van der Waals surface area contributed by atoms with Crippen LogP contribution in [0, 0.1) is 11.3 Å². The predicted molar refractivity (Wildman–Crippen MR) is 78.2 cm³/mol. The molecule has 0 bridgehead atoms. The molecule has 0 spiro atoms. The monoisotopic (exact) mass is 274 g/mol. The summed E-state index contributed by atoms with van der Waals surface area (Å²) < 4.78 is 11.1. The fraction of sp³-hybridized carbons (Fsp3) is 0.562. The number of unbranched alkanes of at least 4 members (excludes halogenated alkanes) is 1. The van der Waals surface area contributed by atoms with E-state index in [2.05, 4.69) is 23.5 Å². The molecule has 0 saturated carbocycles. The number of nitriles is 1. The quantitative estimate of drug-likeness (QED) is 0.810. The number of methoxy groups -OCH3 is 1. The Kier molecular flexibility index (Phi) is 5.69.